The summed E-state index contributed by atoms with van der Waals surface area (Å²) in [7, 11) is -3.79. The molecule has 3 nitrogen and oxygen atoms in total. The number of aryl methyl sites for hydroxylation is 2. The van der Waals surface area contributed by atoms with E-state index in [1.165, 1.54) is 0 Å². The maximum atomic E-state index is 13.6. The number of unbranched alkanes of at least 4 members (excludes halogenated alkanes) is 4. The van der Waals surface area contributed by atoms with Crippen molar-refractivity contribution in [2.75, 3.05) is 24.6 Å². The fraction of sp³-hybridized carbons (Fsp3) is 0.750. The van der Waals surface area contributed by atoms with Crippen molar-refractivity contribution in [3.63, 3.8) is 0 Å². The molecule has 0 aliphatic rings. The predicted octanol–water partition coefficient (Wildman–Crippen LogP) is 7.68. The van der Waals surface area contributed by atoms with Crippen molar-refractivity contribution in [2.24, 2.45) is 0 Å². The molecule has 29 heavy (non-hydrogen) atoms. The van der Waals surface area contributed by atoms with Gasteiger partial charge in [-0.25, -0.2) is 0 Å². The third-order valence-corrected chi connectivity index (χ3v) is 15.5. The van der Waals surface area contributed by atoms with Gasteiger partial charge >= 0.3 is 181 Å². The van der Waals surface area contributed by atoms with E-state index >= 15 is 0 Å². The van der Waals surface area contributed by atoms with Gasteiger partial charge in [-0.15, -0.1) is 0 Å². The zero-order chi connectivity index (χ0) is 22.0. The second kappa shape index (κ2) is 11.8. The summed E-state index contributed by atoms with van der Waals surface area (Å²) in [5.41, 5.74) is 1.87. The van der Waals surface area contributed by atoms with Crippen LogP contribution in [0.3, 0.4) is 0 Å². The summed E-state index contributed by atoms with van der Waals surface area (Å²) in [5.74, 6) is 0. The number of hydrogen-bond donors (Lipinski definition) is 0. The Hall–Kier alpha value is -0.440. The normalized spacial score (nSPS) is 13.9. The Bertz CT molecular complexity index is 684. The molecule has 1 rings (SSSR count). The first kappa shape index (κ1) is 26.6. The Morgan fingerprint density at radius 2 is 1.17 bits per heavy atom. The second-order valence-corrected chi connectivity index (χ2v) is 16.4. The van der Waals surface area contributed by atoms with Crippen LogP contribution in [0.2, 0.25) is 0 Å². The summed E-state index contributed by atoms with van der Waals surface area (Å²) in [6.07, 6.45) is 12.3. The molecule has 0 fully saturated rings. The molecule has 0 N–H and O–H groups in total. The van der Waals surface area contributed by atoms with Crippen LogP contribution in [0, 0.1) is 13.8 Å². The third kappa shape index (κ3) is 7.33. The summed E-state index contributed by atoms with van der Waals surface area (Å²) in [6.45, 7) is 9.80. The van der Waals surface area contributed by atoms with Gasteiger partial charge in [-0.3, -0.25) is 0 Å². The van der Waals surface area contributed by atoms with Crippen LogP contribution >= 0.6 is 6.83 Å². The molecule has 0 saturated carbocycles. The molecule has 0 bridgehead atoms. The molecule has 0 saturated heterocycles. The average Bonchev–Trinajstić information content (AvgIpc) is 2.67. The molecule has 0 radical (unpaired) electrons. The van der Waals surface area contributed by atoms with E-state index in [2.05, 4.69) is 27.7 Å². The molecule has 170 valence electrons. The van der Waals surface area contributed by atoms with Crippen molar-refractivity contribution in [3.05, 3.63) is 29.3 Å². The van der Waals surface area contributed by atoms with Gasteiger partial charge in [0.05, 0.1) is 0 Å². The van der Waals surface area contributed by atoms with Crippen molar-refractivity contribution in [1.29, 1.82) is 0 Å². The van der Waals surface area contributed by atoms with Crippen LogP contribution in [-0.2, 0) is 14.1 Å². The molecule has 0 amide bonds. The molecule has 0 unspecified atom stereocenters. The van der Waals surface area contributed by atoms with E-state index in [0.717, 1.165) is 87.1 Å². The zero-order valence-corrected chi connectivity index (χ0v) is 21.5. The SMILES string of the molecule is CCCCP(CCCC)(CCCC)(CCCC)OS(=O)(=O)c1ccc(C)cc1C. The van der Waals surface area contributed by atoms with Crippen LogP contribution < -0.4 is 0 Å². The van der Waals surface area contributed by atoms with Crippen LogP contribution in [0.1, 0.15) is 90.2 Å². The fourth-order valence-corrected chi connectivity index (χ4v) is 14.7. The van der Waals surface area contributed by atoms with Crippen LogP contribution in [0.15, 0.2) is 23.1 Å². The standard InChI is InChI=1S/C24H45O3PS/c1-7-11-17-28(18-12-8-2,19-13-9-3,20-14-10-4)27-29(25,26)24-16-15-22(5)21-23(24)6/h15-16,21H,7-14,17-20H2,1-6H3. The van der Waals surface area contributed by atoms with Crippen molar-refractivity contribution in [1.82, 2.24) is 0 Å². The first-order chi connectivity index (χ1) is 13.7. The van der Waals surface area contributed by atoms with E-state index < -0.39 is 16.9 Å². The van der Waals surface area contributed by atoms with Crippen LogP contribution in [0.4, 0.5) is 0 Å². The minimum atomic E-state index is -3.79. The Morgan fingerprint density at radius 1 is 0.759 bits per heavy atom. The molecule has 0 aliphatic carbocycles. The van der Waals surface area contributed by atoms with Gasteiger partial charge in [0.25, 0.3) is 0 Å². The van der Waals surface area contributed by atoms with Gasteiger partial charge in [0.1, 0.15) is 0 Å². The third-order valence-electron chi connectivity index (χ3n) is 6.22. The number of rotatable bonds is 15. The summed E-state index contributed by atoms with van der Waals surface area (Å²) in [6, 6.07) is 5.57. The van der Waals surface area contributed by atoms with E-state index in [-0.39, 0.29) is 0 Å². The van der Waals surface area contributed by atoms with Crippen molar-refractivity contribution in [3.8, 4) is 0 Å². The molecule has 1 aromatic carbocycles. The van der Waals surface area contributed by atoms with E-state index in [4.69, 9.17) is 3.97 Å². The average molecular weight is 445 g/mol. The molecular formula is C24H45O3PS. The van der Waals surface area contributed by atoms with Crippen LogP contribution in [-0.4, -0.2) is 33.1 Å². The molecular weight excluding hydrogens is 399 g/mol. The molecule has 1 aromatic rings. The quantitative estimate of drug-likeness (QED) is 0.261. The molecule has 0 atom stereocenters. The van der Waals surface area contributed by atoms with E-state index in [0.29, 0.717) is 4.90 Å². The van der Waals surface area contributed by atoms with Crippen molar-refractivity contribution >= 4 is 16.9 Å². The van der Waals surface area contributed by atoms with E-state index in [9.17, 15) is 8.42 Å². The summed E-state index contributed by atoms with van der Waals surface area (Å²) in [4.78, 5) is 0.359. The second-order valence-electron chi connectivity index (χ2n) is 8.96. The topological polar surface area (TPSA) is 43.4 Å². The summed E-state index contributed by atoms with van der Waals surface area (Å²) in [5, 5.41) is 0. The van der Waals surface area contributed by atoms with Crippen LogP contribution in [0.25, 0.3) is 0 Å². The van der Waals surface area contributed by atoms with Gasteiger partial charge in [0.15, 0.2) is 0 Å². The first-order valence-corrected chi connectivity index (χ1v) is 16.0. The monoisotopic (exact) mass is 444 g/mol. The number of hydrogen-bond acceptors (Lipinski definition) is 3. The molecule has 0 spiro atoms. The maximum absolute atomic E-state index is 13.6. The number of benzene rings is 1. The first-order valence-electron chi connectivity index (χ1n) is 11.7. The van der Waals surface area contributed by atoms with Crippen molar-refractivity contribution in [2.45, 2.75) is 97.8 Å². The Balaban J connectivity index is 3.55. The minimum absolute atomic E-state index is 0.359. The molecule has 5 heteroatoms. The predicted molar refractivity (Wildman–Crippen MR) is 130 cm³/mol. The van der Waals surface area contributed by atoms with Crippen molar-refractivity contribution < 1.29 is 12.4 Å². The van der Waals surface area contributed by atoms with Gasteiger partial charge in [-0.2, -0.15) is 0 Å². The van der Waals surface area contributed by atoms with Gasteiger partial charge in [-0.1, -0.05) is 0 Å². The summed E-state index contributed by atoms with van der Waals surface area (Å²) < 4.78 is 33.9. The van der Waals surface area contributed by atoms with E-state index in [1.807, 2.05) is 26.0 Å². The molecule has 0 heterocycles. The Labute approximate surface area is 181 Å². The fourth-order valence-electron chi connectivity index (χ4n) is 4.45. The van der Waals surface area contributed by atoms with Gasteiger partial charge in [0, 0.05) is 0 Å². The Kier molecular flexibility index (Phi) is 10.8. The summed E-state index contributed by atoms with van der Waals surface area (Å²) >= 11 is 0. The molecule has 0 aliphatic heterocycles. The van der Waals surface area contributed by atoms with Gasteiger partial charge in [-0.05, 0) is 0 Å². The van der Waals surface area contributed by atoms with Gasteiger partial charge in [0.2, 0.25) is 0 Å². The molecule has 0 aromatic heterocycles. The Morgan fingerprint density at radius 3 is 1.52 bits per heavy atom. The van der Waals surface area contributed by atoms with Crippen LogP contribution in [0.5, 0.6) is 0 Å². The zero-order valence-electron chi connectivity index (χ0n) is 19.8. The van der Waals surface area contributed by atoms with Gasteiger partial charge < -0.3 is 0 Å². The van der Waals surface area contributed by atoms with E-state index in [1.54, 1.807) is 6.07 Å².